The Labute approximate surface area is 204 Å². The van der Waals surface area contributed by atoms with Gasteiger partial charge in [0.25, 0.3) is 5.56 Å². The molecule has 3 N–H and O–H groups in total. The van der Waals surface area contributed by atoms with Crippen molar-refractivity contribution in [1.29, 1.82) is 0 Å². The fraction of sp³-hybridized carbons (Fsp3) is 0.0909. The molecule has 170 valence electrons. The van der Waals surface area contributed by atoms with Gasteiger partial charge in [0.05, 0.1) is 12.3 Å². The number of hydrogen-bond acceptors (Lipinski definition) is 7. The Bertz CT molecular complexity index is 1650. The molecule has 0 fully saturated rings. The first kappa shape index (κ1) is 22.0. The first-order valence-corrected chi connectivity index (χ1v) is 11.9. The molecule has 0 aliphatic carbocycles. The highest BCUT2D eigenvalue weighted by Crippen LogP contribution is 2.26. The minimum atomic E-state index is -0.609. The van der Waals surface area contributed by atoms with E-state index in [9.17, 15) is 14.4 Å². The smallest absolute Gasteiger partial charge is 0.330 e. The summed E-state index contributed by atoms with van der Waals surface area (Å²) in [6, 6.07) is 16.2. The number of carbonyl (C=O) groups is 1. The van der Waals surface area contributed by atoms with Gasteiger partial charge in [-0.15, -0.1) is 10.2 Å². The van der Waals surface area contributed by atoms with Crippen LogP contribution < -0.4 is 16.6 Å². The van der Waals surface area contributed by atoms with Gasteiger partial charge >= 0.3 is 5.69 Å². The third kappa shape index (κ3) is 4.63. The van der Waals surface area contributed by atoms with Crippen molar-refractivity contribution < 1.29 is 4.79 Å². The number of fused-ring (bicyclic) bond motifs is 3. The lowest BCUT2D eigenvalue weighted by Gasteiger charge is -2.13. The van der Waals surface area contributed by atoms with Crippen LogP contribution in [0.25, 0.3) is 22.1 Å². The Morgan fingerprint density at radius 2 is 1.88 bits per heavy atom. The van der Waals surface area contributed by atoms with Gasteiger partial charge in [0.2, 0.25) is 11.1 Å². The van der Waals surface area contributed by atoms with Crippen molar-refractivity contribution in [2.24, 2.45) is 0 Å². The van der Waals surface area contributed by atoms with Crippen molar-refractivity contribution in [3.63, 3.8) is 0 Å². The van der Waals surface area contributed by atoms with Gasteiger partial charge in [-0.05, 0) is 23.8 Å². The summed E-state index contributed by atoms with van der Waals surface area (Å²) < 4.78 is 2.22. The Morgan fingerprint density at radius 3 is 2.71 bits per heavy atom. The zero-order valence-electron chi connectivity index (χ0n) is 17.4. The lowest BCUT2D eigenvalue weighted by molar-refractivity contribution is -0.113. The van der Waals surface area contributed by atoms with Gasteiger partial charge in [0.1, 0.15) is 11.3 Å². The standard InChI is InChI=1S/C22H16BrN7O3S/c23-13-6-7-15-14(8-13)19-20(24-15)27-21(29-28-19)34-11-18(32)25-16-9-17(31)26-22(33)30(16)10-12-4-2-1-3-5-12/h1-9H,10-11H2,(H,25,32)(H,24,27,29)(H,26,31,33). The van der Waals surface area contributed by atoms with Crippen molar-refractivity contribution >= 4 is 61.5 Å². The SMILES string of the molecule is O=C(CSc1nnc2c(n1)[nH]c1ccc(Br)cc12)Nc1cc(=O)[nH]c(=O)n1Cc1ccccc1. The number of nitrogens with one attached hydrogen (secondary N) is 3. The lowest BCUT2D eigenvalue weighted by Crippen LogP contribution is -2.33. The normalized spacial score (nSPS) is 11.2. The van der Waals surface area contributed by atoms with Crippen LogP contribution >= 0.6 is 27.7 Å². The number of H-pyrrole nitrogens is 2. The van der Waals surface area contributed by atoms with Crippen LogP contribution in [0.3, 0.4) is 0 Å². The van der Waals surface area contributed by atoms with Crippen molar-refractivity contribution in [3.8, 4) is 0 Å². The number of thioether (sulfide) groups is 1. The maximum Gasteiger partial charge on any atom is 0.330 e. The molecular formula is C22H16BrN7O3S. The average Bonchev–Trinajstić information content (AvgIpc) is 3.17. The van der Waals surface area contributed by atoms with E-state index in [0.29, 0.717) is 16.3 Å². The Kier molecular flexibility index (Phi) is 5.99. The predicted octanol–water partition coefficient (Wildman–Crippen LogP) is 2.90. The number of nitrogens with zero attached hydrogens (tertiary/aromatic N) is 4. The number of halogens is 1. The number of aromatic nitrogens is 6. The Morgan fingerprint density at radius 1 is 1.06 bits per heavy atom. The van der Waals surface area contributed by atoms with Crippen LogP contribution in [0.5, 0.6) is 0 Å². The molecule has 0 unspecified atom stereocenters. The molecule has 0 radical (unpaired) electrons. The van der Waals surface area contributed by atoms with E-state index in [1.807, 2.05) is 48.5 Å². The van der Waals surface area contributed by atoms with Crippen LogP contribution in [-0.4, -0.2) is 41.4 Å². The molecular weight excluding hydrogens is 522 g/mol. The van der Waals surface area contributed by atoms with Crippen LogP contribution in [0.15, 0.2) is 73.8 Å². The van der Waals surface area contributed by atoms with Crippen LogP contribution in [0.2, 0.25) is 0 Å². The van der Waals surface area contributed by atoms with E-state index in [2.05, 4.69) is 46.4 Å². The van der Waals surface area contributed by atoms with Crippen LogP contribution in [-0.2, 0) is 11.3 Å². The molecule has 10 nitrogen and oxygen atoms in total. The zero-order valence-corrected chi connectivity index (χ0v) is 19.8. The van der Waals surface area contributed by atoms with Gasteiger partial charge in [-0.1, -0.05) is 58.0 Å². The molecule has 0 aliphatic heterocycles. The van der Waals surface area contributed by atoms with Gasteiger partial charge in [0, 0.05) is 21.4 Å². The molecule has 0 saturated heterocycles. The highest BCUT2D eigenvalue weighted by molar-refractivity contribution is 9.10. The van der Waals surface area contributed by atoms with Crippen molar-refractivity contribution in [3.05, 3.63) is 85.5 Å². The second-order valence-electron chi connectivity index (χ2n) is 7.34. The minimum absolute atomic E-state index is 0.0364. The maximum absolute atomic E-state index is 12.6. The molecule has 0 spiro atoms. The van der Waals surface area contributed by atoms with E-state index < -0.39 is 17.2 Å². The highest BCUT2D eigenvalue weighted by atomic mass is 79.9. The van der Waals surface area contributed by atoms with E-state index in [-0.39, 0.29) is 18.1 Å². The molecule has 34 heavy (non-hydrogen) atoms. The fourth-order valence-corrected chi connectivity index (χ4v) is 4.39. The zero-order chi connectivity index (χ0) is 23.7. The topological polar surface area (TPSA) is 138 Å². The summed E-state index contributed by atoms with van der Waals surface area (Å²) >= 11 is 4.54. The van der Waals surface area contributed by atoms with Gasteiger partial charge in [-0.2, -0.15) is 0 Å². The second-order valence-corrected chi connectivity index (χ2v) is 9.20. The minimum Gasteiger partial charge on any atom is -0.338 e. The van der Waals surface area contributed by atoms with Crippen LogP contribution in [0.1, 0.15) is 5.56 Å². The van der Waals surface area contributed by atoms with E-state index >= 15 is 0 Å². The predicted molar refractivity (Wildman–Crippen MR) is 133 cm³/mol. The van der Waals surface area contributed by atoms with Gasteiger partial charge < -0.3 is 10.3 Å². The molecule has 2 aromatic carbocycles. The van der Waals surface area contributed by atoms with Crippen LogP contribution in [0.4, 0.5) is 5.82 Å². The van der Waals surface area contributed by atoms with Gasteiger partial charge in [-0.3, -0.25) is 19.1 Å². The third-order valence-electron chi connectivity index (χ3n) is 4.97. The van der Waals surface area contributed by atoms with E-state index in [4.69, 9.17) is 0 Å². The Hall–Kier alpha value is -3.77. The summed E-state index contributed by atoms with van der Waals surface area (Å²) in [4.78, 5) is 46.7. The molecule has 3 heterocycles. The quantitative estimate of drug-likeness (QED) is 0.283. The third-order valence-corrected chi connectivity index (χ3v) is 6.31. The van der Waals surface area contributed by atoms with E-state index in [1.165, 1.54) is 10.6 Å². The van der Waals surface area contributed by atoms with E-state index in [1.54, 1.807) is 0 Å². The maximum atomic E-state index is 12.6. The van der Waals surface area contributed by atoms with E-state index in [0.717, 1.165) is 32.7 Å². The number of hydrogen-bond donors (Lipinski definition) is 3. The molecule has 0 atom stereocenters. The molecule has 1 amide bonds. The summed E-state index contributed by atoms with van der Waals surface area (Å²) in [7, 11) is 0. The molecule has 0 aliphatic rings. The summed E-state index contributed by atoms with van der Waals surface area (Å²) in [6.45, 7) is 0.194. The summed E-state index contributed by atoms with van der Waals surface area (Å²) in [5.74, 6) is -0.342. The summed E-state index contributed by atoms with van der Waals surface area (Å²) in [6.07, 6.45) is 0. The fourth-order valence-electron chi connectivity index (χ4n) is 3.45. The number of rotatable bonds is 6. The molecule has 0 saturated carbocycles. The van der Waals surface area contributed by atoms with Gasteiger partial charge in [-0.25, -0.2) is 9.78 Å². The van der Waals surface area contributed by atoms with Crippen molar-refractivity contribution in [2.45, 2.75) is 11.7 Å². The lowest BCUT2D eigenvalue weighted by atomic mass is 10.2. The average molecular weight is 538 g/mol. The number of benzene rings is 2. The summed E-state index contributed by atoms with van der Waals surface area (Å²) in [5, 5.41) is 12.2. The number of aromatic amines is 2. The summed E-state index contributed by atoms with van der Waals surface area (Å²) in [5.41, 5.74) is 1.73. The number of carbonyl (C=O) groups excluding carboxylic acids is 1. The molecule has 12 heteroatoms. The largest absolute Gasteiger partial charge is 0.338 e. The van der Waals surface area contributed by atoms with Crippen LogP contribution in [0, 0.1) is 0 Å². The molecule has 3 aromatic heterocycles. The molecule has 0 bridgehead atoms. The van der Waals surface area contributed by atoms with Gasteiger partial charge in [0.15, 0.2) is 5.65 Å². The van der Waals surface area contributed by atoms with Crippen molar-refractivity contribution in [2.75, 3.05) is 11.1 Å². The monoisotopic (exact) mass is 537 g/mol. The second kappa shape index (κ2) is 9.23. The first-order valence-electron chi connectivity index (χ1n) is 10.1. The first-order chi connectivity index (χ1) is 16.5. The number of anilines is 1. The molecule has 5 rings (SSSR count). The number of amides is 1. The Balaban J connectivity index is 1.33. The van der Waals surface area contributed by atoms with Crippen molar-refractivity contribution in [1.82, 2.24) is 29.7 Å². The highest BCUT2D eigenvalue weighted by Gasteiger charge is 2.14. The molecule has 5 aromatic rings.